The van der Waals surface area contributed by atoms with E-state index in [9.17, 15) is 13.6 Å². The number of nitrogens with zero attached hydrogens (tertiary/aromatic N) is 2. The molecule has 0 radical (unpaired) electrons. The SMILES string of the molecule is O=Cc1c(C(F)F)nn(Cc2cccc(Br)c2)c1Cl. The summed E-state index contributed by atoms with van der Waals surface area (Å²) >= 11 is 9.20. The molecule has 0 amide bonds. The van der Waals surface area contributed by atoms with Gasteiger partial charge in [0, 0.05) is 4.47 Å². The van der Waals surface area contributed by atoms with E-state index in [-0.39, 0.29) is 17.3 Å². The number of benzene rings is 1. The summed E-state index contributed by atoms with van der Waals surface area (Å²) < 4.78 is 27.5. The van der Waals surface area contributed by atoms with Crippen molar-refractivity contribution < 1.29 is 13.6 Å². The lowest BCUT2D eigenvalue weighted by molar-refractivity contribution is 0.110. The molecule has 0 N–H and O–H groups in total. The van der Waals surface area contributed by atoms with Crippen molar-refractivity contribution in [3.05, 3.63) is 50.7 Å². The Morgan fingerprint density at radius 3 is 2.74 bits per heavy atom. The van der Waals surface area contributed by atoms with Gasteiger partial charge in [-0.05, 0) is 17.7 Å². The Bertz CT molecular complexity index is 616. The van der Waals surface area contributed by atoms with E-state index in [2.05, 4.69) is 21.0 Å². The van der Waals surface area contributed by atoms with E-state index < -0.39 is 12.1 Å². The normalized spacial score (nSPS) is 11.0. The molecule has 7 heteroatoms. The summed E-state index contributed by atoms with van der Waals surface area (Å²) in [4.78, 5) is 10.8. The summed E-state index contributed by atoms with van der Waals surface area (Å²) in [7, 11) is 0. The van der Waals surface area contributed by atoms with Crippen molar-refractivity contribution >= 4 is 33.8 Å². The number of hydrogen-bond donors (Lipinski definition) is 0. The first kappa shape index (κ1) is 14.1. The van der Waals surface area contributed by atoms with E-state index in [1.165, 1.54) is 4.68 Å². The zero-order chi connectivity index (χ0) is 14.0. The second kappa shape index (κ2) is 5.79. The average Bonchev–Trinajstić information content (AvgIpc) is 2.66. The first-order valence-electron chi connectivity index (χ1n) is 5.27. The number of aldehydes is 1. The predicted molar refractivity (Wildman–Crippen MR) is 70.8 cm³/mol. The Morgan fingerprint density at radius 1 is 1.47 bits per heavy atom. The van der Waals surface area contributed by atoms with Crippen molar-refractivity contribution in [3.8, 4) is 0 Å². The van der Waals surface area contributed by atoms with Gasteiger partial charge in [-0.15, -0.1) is 0 Å². The number of carbonyl (C=O) groups excluding carboxylic acids is 1. The molecule has 1 aromatic carbocycles. The van der Waals surface area contributed by atoms with Crippen molar-refractivity contribution in [3.63, 3.8) is 0 Å². The number of aromatic nitrogens is 2. The molecule has 0 saturated heterocycles. The highest BCUT2D eigenvalue weighted by molar-refractivity contribution is 9.10. The molecule has 0 saturated carbocycles. The van der Waals surface area contributed by atoms with Crippen LogP contribution in [0.1, 0.15) is 28.0 Å². The van der Waals surface area contributed by atoms with Crippen molar-refractivity contribution in [2.45, 2.75) is 13.0 Å². The van der Waals surface area contributed by atoms with Gasteiger partial charge >= 0.3 is 0 Å². The molecule has 1 aromatic heterocycles. The zero-order valence-corrected chi connectivity index (χ0v) is 11.8. The molecule has 0 spiro atoms. The molecule has 2 aromatic rings. The summed E-state index contributed by atoms with van der Waals surface area (Å²) in [5.74, 6) is 0. The lowest BCUT2D eigenvalue weighted by Gasteiger charge is -2.04. The maximum Gasteiger partial charge on any atom is 0.282 e. The third kappa shape index (κ3) is 3.01. The van der Waals surface area contributed by atoms with Crippen LogP contribution in [-0.2, 0) is 6.54 Å². The molecule has 19 heavy (non-hydrogen) atoms. The minimum absolute atomic E-state index is 0.0784. The molecule has 2 rings (SSSR count). The number of carbonyl (C=O) groups is 1. The van der Waals surface area contributed by atoms with Crippen LogP contribution in [0, 0.1) is 0 Å². The molecule has 0 aliphatic rings. The average molecular weight is 350 g/mol. The highest BCUT2D eigenvalue weighted by atomic mass is 79.9. The van der Waals surface area contributed by atoms with Gasteiger partial charge in [-0.3, -0.25) is 4.79 Å². The Morgan fingerprint density at radius 2 is 2.21 bits per heavy atom. The fourth-order valence-electron chi connectivity index (χ4n) is 1.66. The van der Waals surface area contributed by atoms with Gasteiger partial charge in [0.15, 0.2) is 6.29 Å². The lowest BCUT2D eigenvalue weighted by Crippen LogP contribution is -2.02. The molecule has 1 heterocycles. The minimum Gasteiger partial charge on any atom is -0.298 e. The highest BCUT2D eigenvalue weighted by Crippen LogP contribution is 2.27. The quantitative estimate of drug-likeness (QED) is 0.779. The van der Waals surface area contributed by atoms with Crippen LogP contribution in [0.3, 0.4) is 0 Å². The van der Waals surface area contributed by atoms with E-state index in [4.69, 9.17) is 11.6 Å². The molecular formula is C12H8BrClF2N2O. The summed E-state index contributed by atoms with van der Waals surface area (Å²) in [5, 5.41) is 3.61. The van der Waals surface area contributed by atoms with Gasteiger partial charge in [-0.1, -0.05) is 39.7 Å². The molecule has 0 aliphatic carbocycles. The molecular weight excluding hydrogens is 341 g/mol. The molecule has 3 nitrogen and oxygen atoms in total. The number of alkyl halides is 2. The smallest absolute Gasteiger partial charge is 0.282 e. The third-order valence-electron chi connectivity index (χ3n) is 2.50. The van der Waals surface area contributed by atoms with Gasteiger partial charge in [0.25, 0.3) is 6.43 Å². The second-order valence-corrected chi connectivity index (χ2v) is 5.07. The second-order valence-electron chi connectivity index (χ2n) is 3.80. The van der Waals surface area contributed by atoms with Crippen molar-refractivity contribution in [1.82, 2.24) is 9.78 Å². The number of hydrogen-bond acceptors (Lipinski definition) is 2. The van der Waals surface area contributed by atoms with Gasteiger partial charge in [-0.25, -0.2) is 13.5 Å². The summed E-state index contributed by atoms with van der Waals surface area (Å²) in [6.07, 6.45) is -2.53. The van der Waals surface area contributed by atoms with Gasteiger partial charge in [0.2, 0.25) is 0 Å². The van der Waals surface area contributed by atoms with Crippen molar-refractivity contribution in [2.75, 3.05) is 0 Å². The van der Waals surface area contributed by atoms with Crippen LogP contribution in [0.25, 0.3) is 0 Å². The molecule has 0 bridgehead atoms. The van der Waals surface area contributed by atoms with E-state index >= 15 is 0 Å². The number of rotatable bonds is 4. The summed E-state index contributed by atoms with van der Waals surface area (Å²) in [6.45, 7) is 0.214. The Balaban J connectivity index is 2.38. The van der Waals surface area contributed by atoms with Crippen molar-refractivity contribution in [2.24, 2.45) is 0 Å². The van der Waals surface area contributed by atoms with Crippen LogP contribution in [0.15, 0.2) is 28.7 Å². The zero-order valence-electron chi connectivity index (χ0n) is 9.49. The number of halogens is 4. The van der Waals surface area contributed by atoms with Crippen LogP contribution in [-0.4, -0.2) is 16.1 Å². The Hall–Kier alpha value is -1.27. The fourth-order valence-corrected chi connectivity index (χ4v) is 2.34. The largest absolute Gasteiger partial charge is 0.298 e. The first-order valence-corrected chi connectivity index (χ1v) is 6.44. The standard InChI is InChI=1S/C12H8BrClF2N2O/c13-8-3-1-2-7(4-8)5-18-11(14)9(6-19)10(17-18)12(15)16/h1-4,6,12H,5H2. The topological polar surface area (TPSA) is 34.9 Å². The van der Waals surface area contributed by atoms with Crippen LogP contribution in [0.4, 0.5) is 8.78 Å². The van der Waals surface area contributed by atoms with E-state index in [0.29, 0.717) is 6.29 Å². The Labute approximate surface area is 121 Å². The maximum atomic E-state index is 12.7. The Kier molecular flexibility index (Phi) is 4.31. The van der Waals surface area contributed by atoms with E-state index in [1.807, 2.05) is 24.3 Å². The fraction of sp³-hybridized carbons (Fsp3) is 0.167. The van der Waals surface area contributed by atoms with Crippen LogP contribution >= 0.6 is 27.5 Å². The molecule has 0 unspecified atom stereocenters. The minimum atomic E-state index is -2.83. The van der Waals surface area contributed by atoms with Gasteiger partial charge in [0.05, 0.1) is 12.1 Å². The van der Waals surface area contributed by atoms with Crippen molar-refractivity contribution in [1.29, 1.82) is 0 Å². The third-order valence-corrected chi connectivity index (χ3v) is 3.39. The van der Waals surface area contributed by atoms with Crippen LogP contribution < -0.4 is 0 Å². The molecule has 0 aliphatic heterocycles. The molecule has 100 valence electrons. The molecule has 0 atom stereocenters. The maximum absolute atomic E-state index is 12.7. The highest BCUT2D eigenvalue weighted by Gasteiger charge is 2.22. The van der Waals surface area contributed by atoms with Crippen LogP contribution in [0.2, 0.25) is 5.15 Å². The lowest BCUT2D eigenvalue weighted by atomic mass is 10.2. The summed E-state index contributed by atoms with van der Waals surface area (Å²) in [5.41, 5.74) is -0.0151. The van der Waals surface area contributed by atoms with Crippen LogP contribution in [0.5, 0.6) is 0 Å². The first-order chi connectivity index (χ1) is 9.02. The molecule has 0 fully saturated rings. The summed E-state index contributed by atoms with van der Waals surface area (Å²) in [6, 6.07) is 7.28. The van der Waals surface area contributed by atoms with E-state index in [0.717, 1.165) is 10.0 Å². The monoisotopic (exact) mass is 348 g/mol. The van der Waals surface area contributed by atoms with Gasteiger partial charge < -0.3 is 0 Å². The predicted octanol–water partition coefficient (Wildman–Crippen LogP) is 4.10. The van der Waals surface area contributed by atoms with Gasteiger partial charge in [-0.2, -0.15) is 5.10 Å². The van der Waals surface area contributed by atoms with Gasteiger partial charge in [0.1, 0.15) is 10.8 Å². The van der Waals surface area contributed by atoms with E-state index in [1.54, 1.807) is 0 Å².